The number of alkyl halides is 3. The molecular formula is C21H13F5N2O2. The van der Waals surface area contributed by atoms with Crippen LogP contribution in [0.15, 0.2) is 65.9 Å². The second-order valence-electron chi connectivity index (χ2n) is 6.43. The SMILES string of the molecule is Fc1cncc(F)c1C1=NC(c2ccc(-c3ccc(OC(F)(F)F)cc3)cc2)CO1. The molecular weight excluding hydrogens is 407 g/mol. The lowest BCUT2D eigenvalue weighted by Crippen LogP contribution is -2.16. The third-order valence-corrected chi connectivity index (χ3v) is 4.43. The fourth-order valence-corrected chi connectivity index (χ4v) is 3.04. The topological polar surface area (TPSA) is 43.7 Å². The van der Waals surface area contributed by atoms with Crippen molar-refractivity contribution in [2.75, 3.05) is 6.61 Å². The highest BCUT2D eigenvalue weighted by Gasteiger charge is 2.31. The van der Waals surface area contributed by atoms with E-state index in [4.69, 9.17) is 4.74 Å². The third kappa shape index (κ3) is 4.24. The number of rotatable bonds is 4. The summed E-state index contributed by atoms with van der Waals surface area (Å²) in [6, 6.07) is 12.1. The molecule has 0 spiro atoms. The van der Waals surface area contributed by atoms with Gasteiger partial charge in [0.25, 0.3) is 0 Å². The normalized spacial score (nSPS) is 16.2. The molecule has 0 saturated heterocycles. The fourth-order valence-electron chi connectivity index (χ4n) is 3.04. The predicted molar refractivity (Wildman–Crippen MR) is 97.9 cm³/mol. The Hall–Kier alpha value is -3.49. The van der Waals surface area contributed by atoms with Crippen LogP contribution in [0, 0.1) is 11.6 Å². The summed E-state index contributed by atoms with van der Waals surface area (Å²) in [6.45, 7) is 0.124. The van der Waals surface area contributed by atoms with Crippen LogP contribution in [-0.2, 0) is 4.74 Å². The van der Waals surface area contributed by atoms with Gasteiger partial charge in [-0.2, -0.15) is 0 Å². The lowest BCUT2D eigenvalue weighted by Gasteiger charge is -2.10. The lowest BCUT2D eigenvalue weighted by atomic mass is 10.0. The van der Waals surface area contributed by atoms with Crippen LogP contribution in [0.3, 0.4) is 0 Å². The Bertz CT molecular complexity index is 1060. The van der Waals surface area contributed by atoms with Gasteiger partial charge < -0.3 is 9.47 Å². The van der Waals surface area contributed by atoms with Gasteiger partial charge >= 0.3 is 6.36 Å². The number of hydrogen-bond acceptors (Lipinski definition) is 4. The van der Waals surface area contributed by atoms with Crippen LogP contribution >= 0.6 is 0 Å². The molecule has 2 heterocycles. The molecule has 9 heteroatoms. The van der Waals surface area contributed by atoms with Crippen molar-refractivity contribution in [3.8, 4) is 16.9 Å². The molecule has 154 valence electrons. The summed E-state index contributed by atoms with van der Waals surface area (Å²) >= 11 is 0. The van der Waals surface area contributed by atoms with Crippen molar-refractivity contribution >= 4 is 5.90 Å². The van der Waals surface area contributed by atoms with Crippen LogP contribution in [0.5, 0.6) is 5.75 Å². The van der Waals surface area contributed by atoms with E-state index < -0.39 is 24.0 Å². The highest BCUT2D eigenvalue weighted by Crippen LogP contribution is 2.30. The van der Waals surface area contributed by atoms with Crippen LogP contribution in [0.4, 0.5) is 22.0 Å². The van der Waals surface area contributed by atoms with E-state index in [0.29, 0.717) is 5.56 Å². The Balaban J connectivity index is 1.51. The standard InChI is InChI=1S/C21H13F5N2O2/c22-16-9-27-10-17(23)19(16)20-28-18(11-29-20)14-3-1-12(2-4-14)13-5-7-15(8-6-13)30-21(24,25)26/h1-10,18H,11H2. The van der Waals surface area contributed by atoms with Crippen molar-refractivity contribution in [1.82, 2.24) is 4.98 Å². The smallest absolute Gasteiger partial charge is 0.475 e. The Morgan fingerprint density at radius 2 is 1.43 bits per heavy atom. The van der Waals surface area contributed by atoms with E-state index in [0.717, 1.165) is 23.5 Å². The van der Waals surface area contributed by atoms with Gasteiger partial charge in [0.05, 0.1) is 12.4 Å². The minimum Gasteiger partial charge on any atom is -0.475 e. The molecule has 4 nitrogen and oxygen atoms in total. The molecule has 1 aliphatic rings. The van der Waals surface area contributed by atoms with Gasteiger partial charge in [-0.25, -0.2) is 13.8 Å². The third-order valence-electron chi connectivity index (χ3n) is 4.43. The van der Waals surface area contributed by atoms with Crippen molar-refractivity contribution in [2.24, 2.45) is 4.99 Å². The molecule has 2 aromatic carbocycles. The van der Waals surface area contributed by atoms with E-state index in [-0.39, 0.29) is 23.8 Å². The quantitative estimate of drug-likeness (QED) is 0.528. The summed E-state index contributed by atoms with van der Waals surface area (Å²) in [4.78, 5) is 7.69. The number of nitrogens with zero attached hydrogens (tertiary/aromatic N) is 2. The van der Waals surface area contributed by atoms with Crippen molar-refractivity contribution in [1.29, 1.82) is 0 Å². The zero-order valence-electron chi connectivity index (χ0n) is 15.2. The molecule has 30 heavy (non-hydrogen) atoms. The molecule has 4 rings (SSSR count). The summed E-state index contributed by atoms with van der Waals surface area (Å²) in [5, 5.41) is 0. The van der Waals surface area contributed by atoms with Gasteiger partial charge in [-0.1, -0.05) is 36.4 Å². The Kier molecular flexibility index (Phi) is 5.11. The van der Waals surface area contributed by atoms with Crippen molar-refractivity contribution in [2.45, 2.75) is 12.4 Å². The summed E-state index contributed by atoms with van der Waals surface area (Å²) < 4.78 is 73.7. The Labute approximate surface area is 167 Å². The molecule has 0 aliphatic carbocycles. The van der Waals surface area contributed by atoms with Crippen LogP contribution in [-0.4, -0.2) is 23.9 Å². The number of halogens is 5. The molecule has 1 atom stereocenters. The molecule has 3 aromatic rings. The molecule has 0 fully saturated rings. The summed E-state index contributed by atoms with van der Waals surface area (Å²) in [5.41, 5.74) is 1.88. The van der Waals surface area contributed by atoms with E-state index in [9.17, 15) is 22.0 Å². The van der Waals surface area contributed by atoms with E-state index >= 15 is 0 Å². The first-order chi connectivity index (χ1) is 14.3. The molecule has 0 bridgehead atoms. The number of hydrogen-bond donors (Lipinski definition) is 0. The average Bonchev–Trinajstić information content (AvgIpc) is 3.17. The van der Waals surface area contributed by atoms with Crippen LogP contribution < -0.4 is 4.74 Å². The number of pyridine rings is 1. The van der Waals surface area contributed by atoms with Gasteiger partial charge in [0.2, 0.25) is 5.90 Å². The van der Waals surface area contributed by atoms with Gasteiger partial charge in [-0.15, -0.1) is 13.2 Å². The van der Waals surface area contributed by atoms with Gasteiger partial charge in [0.1, 0.15) is 24.0 Å². The van der Waals surface area contributed by atoms with Crippen molar-refractivity contribution in [3.05, 3.63) is 83.7 Å². The largest absolute Gasteiger partial charge is 0.573 e. The number of benzene rings is 2. The van der Waals surface area contributed by atoms with Gasteiger partial charge in [0, 0.05) is 0 Å². The van der Waals surface area contributed by atoms with Gasteiger partial charge in [-0.05, 0) is 28.8 Å². The average molecular weight is 420 g/mol. The van der Waals surface area contributed by atoms with E-state index in [2.05, 4.69) is 14.7 Å². The van der Waals surface area contributed by atoms with Gasteiger partial charge in [-0.3, -0.25) is 4.98 Å². The zero-order valence-corrected chi connectivity index (χ0v) is 15.2. The zero-order chi connectivity index (χ0) is 21.3. The summed E-state index contributed by atoms with van der Waals surface area (Å²) in [7, 11) is 0. The van der Waals surface area contributed by atoms with E-state index in [1.807, 2.05) is 0 Å². The van der Waals surface area contributed by atoms with Gasteiger partial charge in [0.15, 0.2) is 11.6 Å². The summed E-state index contributed by atoms with van der Waals surface area (Å²) in [5.74, 6) is -2.14. The molecule has 1 aliphatic heterocycles. The lowest BCUT2D eigenvalue weighted by molar-refractivity contribution is -0.274. The number of aromatic nitrogens is 1. The van der Waals surface area contributed by atoms with E-state index in [1.54, 1.807) is 24.3 Å². The first-order valence-corrected chi connectivity index (χ1v) is 8.76. The predicted octanol–water partition coefficient (Wildman–Crippen LogP) is 5.44. The molecule has 0 N–H and O–H groups in total. The highest BCUT2D eigenvalue weighted by molar-refractivity contribution is 5.95. The van der Waals surface area contributed by atoms with Crippen LogP contribution in [0.1, 0.15) is 17.2 Å². The molecule has 1 unspecified atom stereocenters. The molecule has 0 radical (unpaired) electrons. The Morgan fingerprint density at radius 3 is 2.00 bits per heavy atom. The minimum atomic E-state index is -4.74. The second kappa shape index (κ2) is 7.74. The van der Waals surface area contributed by atoms with Crippen molar-refractivity contribution in [3.63, 3.8) is 0 Å². The molecule has 1 aromatic heterocycles. The summed E-state index contributed by atoms with van der Waals surface area (Å²) in [6.07, 6.45) is -2.97. The highest BCUT2D eigenvalue weighted by atomic mass is 19.4. The second-order valence-corrected chi connectivity index (χ2v) is 6.43. The minimum absolute atomic E-state index is 0.123. The molecule has 0 saturated carbocycles. The van der Waals surface area contributed by atoms with E-state index in [1.165, 1.54) is 24.3 Å². The monoisotopic (exact) mass is 420 g/mol. The van der Waals surface area contributed by atoms with Crippen LogP contribution in [0.2, 0.25) is 0 Å². The first-order valence-electron chi connectivity index (χ1n) is 8.76. The molecule has 0 amide bonds. The maximum absolute atomic E-state index is 13.9. The van der Waals surface area contributed by atoms with Crippen LogP contribution in [0.25, 0.3) is 11.1 Å². The Morgan fingerprint density at radius 1 is 0.867 bits per heavy atom. The number of ether oxygens (including phenoxy) is 2. The maximum Gasteiger partial charge on any atom is 0.573 e. The maximum atomic E-state index is 13.9. The number of aliphatic imine (C=N–C) groups is 1. The van der Waals surface area contributed by atoms with Crippen molar-refractivity contribution < 1.29 is 31.4 Å². The first kappa shape index (κ1) is 19.8. The fraction of sp³-hybridized carbons (Fsp3) is 0.143.